The number of ether oxygens (including phenoxy) is 1. The fourth-order valence-corrected chi connectivity index (χ4v) is 2.32. The summed E-state index contributed by atoms with van der Waals surface area (Å²) in [5.41, 5.74) is -0.344. The molecule has 2 rings (SSSR count). The van der Waals surface area contributed by atoms with Crippen LogP contribution in [0.15, 0.2) is 6.33 Å². The zero-order valence-corrected chi connectivity index (χ0v) is 13.6. The number of hydrogen-bond acceptors (Lipinski definition) is 6. The Morgan fingerprint density at radius 2 is 1.86 bits per heavy atom. The third kappa shape index (κ3) is 3.82. The van der Waals surface area contributed by atoms with E-state index in [0.29, 0.717) is 19.8 Å². The zero-order valence-electron chi connectivity index (χ0n) is 13.6. The van der Waals surface area contributed by atoms with Crippen LogP contribution >= 0.6 is 0 Å². The van der Waals surface area contributed by atoms with Crippen LogP contribution in [0, 0.1) is 5.41 Å². The Balaban J connectivity index is 1.86. The molecule has 0 aromatic carbocycles. The number of amides is 1. The standard InChI is InChI=1S/C14H23N5O3/c1-14(2,3)13(21)18-7-5-17(6-8-18)10-19-9-15-11(16-19)12(20)22-4/h9H,5-8,10H2,1-4H3. The first-order valence-electron chi connectivity index (χ1n) is 7.31. The Labute approximate surface area is 130 Å². The van der Waals surface area contributed by atoms with Crippen molar-refractivity contribution in [3.8, 4) is 0 Å². The van der Waals surface area contributed by atoms with E-state index >= 15 is 0 Å². The smallest absolute Gasteiger partial charge is 0.377 e. The van der Waals surface area contributed by atoms with Gasteiger partial charge in [-0.15, -0.1) is 5.10 Å². The van der Waals surface area contributed by atoms with Crippen molar-refractivity contribution in [3.63, 3.8) is 0 Å². The number of rotatable bonds is 3. The van der Waals surface area contributed by atoms with Gasteiger partial charge in [0.15, 0.2) is 0 Å². The van der Waals surface area contributed by atoms with Crippen LogP contribution in [-0.4, -0.2) is 69.7 Å². The zero-order chi connectivity index (χ0) is 16.3. The van der Waals surface area contributed by atoms with Gasteiger partial charge in [-0.2, -0.15) is 0 Å². The molecule has 2 heterocycles. The van der Waals surface area contributed by atoms with Crippen molar-refractivity contribution in [1.29, 1.82) is 0 Å². The molecule has 22 heavy (non-hydrogen) atoms. The van der Waals surface area contributed by atoms with Gasteiger partial charge in [0.1, 0.15) is 6.33 Å². The van der Waals surface area contributed by atoms with Gasteiger partial charge in [-0.25, -0.2) is 14.5 Å². The number of carbonyl (C=O) groups is 2. The van der Waals surface area contributed by atoms with Gasteiger partial charge < -0.3 is 9.64 Å². The molecule has 0 radical (unpaired) electrons. The van der Waals surface area contributed by atoms with Crippen LogP contribution in [0.3, 0.4) is 0 Å². The maximum atomic E-state index is 12.2. The quantitative estimate of drug-likeness (QED) is 0.743. The third-order valence-electron chi connectivity index (χ3n) is 3.55. The molecule has 1 aromatic heterocycles. The normalized spacial score (nSPS) is 16.6. The molecule has 8 heteroatoms. The first-order chi connectivity index (χ1) is 10.3. The highest BCUT2D eigenvalue weighted by atomic mass is 16.5. The highest BCUT2D eigenvalue weighted by molar-refractivity contribution is 5.84. The molecule has 0 saturated carbocycles. The van der Waals surface area contributed by atoms with Crippen LogP contribution in [-0.2, 0) is 16.2 Å². The Hall–Kier alpha value is -1.96. The summed E-state index contributed by atoms with van der Waals surface area (Å²) in [7, 11) is 1.30. The van der Waals surface area contributed by atoms with Gasteiger partial charge in [-0.3, -0.25) is 9.69 Å². The Bertz CT molecular complexity index is 541. The van der Waals surface area contributed by atoms with E-state index in [2.05, 4.69) is 19.7 Å². The van der Waals surface area contributed by atoms with Crippen LogP contribution < -0.4 is 0 Å². The predicted molar refractivity (Wildman–Crippen MR) is 79.0 cm³/mol. The van der Waals surface area contributed by atoms with Crippen LogP contribution in [0.4, 0.5) is 0 Å². The molecule has 1 aromatic rings. The van der Waals surface area contributed by atoms with Gasteiger partial charge in [0.2, 0.25) is 5.91 Å². The summed E-state index contributed by atoms with van der Waals surface area (Å²) in [6.07, 6.45) is 1.51. The minimum Gasteiger partial charge on any atom is -0.463 e. The molecule has 0 bridgehead atoms. The van der Waals surface area contributed by atoms with Gasteiger partial charge in [-0.1, -0.05) is 20.8 Å². The SMILES string of the molecule is COC(=O)c1ncn(CN2CCN(C(=O)C(C)(C)C)CC2)n1. The van der Waals surface area contributed by atoms with Gasteiger partial charge in [0.05, 0.1) is 13.8 Å². The average Bonchev–Trinajstić information content (AvgIpc) is 2.94. The lowest BCUT2D eigenvalue weighted by Gasteiger charge is -2.37. The molecule has 122 valence electrons. The highest BCUT2D eigenvalue weighted by Crippen LogP contribution is 2.18. The van der Waals surface area contributed by atoms with E-state index in [1.165, 1.54) is 13.4 Å². The number of nitrogens with zero attached hydrogens (tertiary/aromatic N) is 5. The first kappa shape index (κ1) is 16.4. The lowest BCUT2D eigenvalue weighted by molar-refractivity contribution is -0.141. The van der Waals surface area contributed by atoms with Gasteiger partial charge in [0, 0.05) is 31.6 Å². The summed E-state index contributed by atoms with van der Waals surface area (Å²) < 4.78 is 6.18. The van der Waals surface area contributed by atoms with Crippen molar-refractivity contribution < 1.29 is 14.3 Å². The molecule has 0 unspecified atom stereocenters. The summed E-state index contributed by atoms with van der Waals surface area (Å²) in [5.74, 6) is -0.302. The van der Waals surface area contributed by atoms with Crippen molar-refractivity contribution in [2.45, 2.75) is 27.4 Å². The van der Waals surface area contributed by atoms with Crippen molar-refractivity contribution >= 4 is 11.9 Å². The van der Waals surface area contributed by atoms with Crippen molar-refractivity contribution in [2.75, 3.05) is 33.3 Å². The van der Waals surface area contributed by atoms with Crippen molar-refractivity contribution in [2.24, 2.45) is 5.41 Å². The first-order valence-corrected chi connectivity index (χ1v) is 7.31. The van der Waals surface area contributed by atoms with Gasteiger partial charge >= 0.3 is 5.97 Å². The van der Waals surface area contributed by atoms with Crippen LogP contribution in [0.5, 0.6) is 0 Å². The molecule has 0 spiro atoms. The van der Waals surface area contributed by atoms with E-state index in [4.69, 9.17) is 0 Å². The maximum absolute atomic E-state index is 12.2. The fourth-order valence-electron chi connectivity index (χ4n) is 2.32. The third-order valence-corrected chi connectivity index (χ3v) is 3.55. The summed E-state index contributed by atoms with van der Waals surface area (Å²) in [6, 6.07) is 0. The average molecular weight is 309 g/mol. The molecule has 1 fully saturated rings. The molecule has 0 N–H and O–H groups in total. The second-order valence-electron chi connectivity index (χ2n) is 6.40. The predicted octanol–water partition coefficient (Wildman–Crippen LogP) is 0.213. The molecule has 1 amide bonds. The van der Waals surface area contributed by atoms with E-state index in [-0.39, 0.29) is 17.1 Å². The number of aromatic nitrogens is 3. The molecular weight excluding hydrogens is 286 g/mol. The van der Waals surface area contributed by atoms with E-state index in [1.54, 1.807) is 4.68 Å². The summed E-state index contributed by atoms with van der Waals surface area (Å²) in [5, 5.41) is 4.08. The Kier molecular flexibility index (Phi) is 4.80. The highest BCUT2D eigenvalue weighted by Gasteiger charge is 2.29. The topological polar surface area (TPSA) is 80.6 Å². The van der Waals surface area contributed by atoms with Gasteiger partial charge in [-0.05, 0) is 0 Å². The van der Waals surface area contributed by atoms with Crippen LogP contribution in [0.25, 0.3) is 0 Å². The molecule has 1 aliphatic rings. The van der Waals surface area contributed by atoms with Crippen LogP contribution in [0.2, 0.25) is 0 Å². The second-order valence-corrected chi connectivity index (χ2v) is 6.40. The lowest BCUT2D eigenvalue weighted by atomic mass is 9.94. The lowest BCUT2D eigenvalue weighted by Crippen LogP contribution is -2.51. The van der Waals surface area contributed by atoms with E-state index < -0.39 is 5.97 Å². The van der Waals surface area contributed by atoms with Crippen molar-refractivity contribution in [3.05, 3.63) is 12.2 Å². The molecular formula is C14H23N5O3. The van der Waals surface area contributed by atoms with Crippen LogP contribution in [0.1, 0.15) is 31.4 Å². The molecule has 1 saturated heterocycles. The fraction of sp³-hybridized carbons (Fsp3) is 0.714. The Morgan fingerprint density at radius 1 is 1.23 bits per heavy atom. The number of hydrogen-bond donors (Lipinski definition) is 0. The molecule has 0 atom stereocenters. The molecule has 8 nitrogen and oxygen atoms in total. The van der Waals surface area contributed by atoms with Gasteiger partial charge in [0.25, 0.3) is 5.82 Å². The summed E-state index contributed by atoms with van der Waals surface area (Å²) in [4.78, 5) is 31.5. The summed E-state index contributed by atoms with van der Waals surface area (Å²) >= 11 is 0. The number of carbonyl (C=O) groups excluding carboxylic acids is 2. The second kappa shape index (κ2) is 6.43. The van der Waals surface area contributed by atoms with E-state index in [1.807, 2.05) is 25.7 Å². The van der Waals surface area contributed by atoms with E-state index in [0.717, 1.165) is 13.1 Å². The summed E-state index contributed by atoms with van der Waals surface area (Å²) in [6.45, 7) is 9.30. The molecule has 0 aliphatic carbocycles. The minimum absolute atomic E-state index is 0.0593. The maximum Gasteiger partial charge on any atom is 0.377 e. The Morgan fingerprint density at radius 3 is 2.41 bits per heavy atom. The number of esters is 1. The van der Waals surface area contributed by atoms with E-state index in [9.17, 15) is 9.59 Å². The number of methoxy groups -OCH3 is 1. The monoisotopic (exact) mass is 309 g/mol. The number of piperazine rings is 1. The molecule has 1 aliphatic heterocycles. The largest absolute Gasteiger partial charge is 0.463 e. The minimum atomic E-state index is -0.542. The van der Waals surface area contributed by atoms with Crippen molar-refractivity contribution in [1.82, 2.24) is 24.6 Å².